The number of nitrogens with zero attached hydrogens (tertiary/aromatic N) is 1. The molecule has 3 aromatic rings. The summed E-state index contributed by atoms with van der Waals surface area (Å²) in [5, 5.41) is 14.9. The molecule has 35 heavy (non-hydrogen) atoms. The Morgan fingerprint density at radius 2 is 1.86 bits per heavy atom. The van der Waals surface area contributed by atoms with Gasteiger partial charge in [-0.15, -0.1) is 11.3 Å². The second-order valence-corrected chi connectivity index (χ2v) is 13.4. The zero-order valence-electron chi connectivity index (χ0n) is 20.2. The van der Waals surface area contributed by atoms with E-state index in [1.807, 2.05) is 62.5 Å². The number of nitrogens with one attached hydrogen (secondary N) is 1. The van der Waals surface area contributed by atoms with Gasteiger partial charge in [-0.1, -0.05) is 24.3 Å². The van der Waals surface area contributed by atoms with Crippen LogP contribution in [0.2, 0.25) is 0 Å². The first kappa shape index (κ1) is 25.3. The Balaban J connectivity index is 1.64. The molecule has 1 aliphatic heterocycles. The van der Waals surface area contributed by atoms with Crippen molar-refractivity contribution in [3.05, 3.63) is 71.1 Å². The highest BCUT2D eigenvalue weighted by Gasteiger charge is 2.33. The fourth-order valence-corrected chi connectivity index (χ4v) is 6.50. The molecule has 7 nitrogen and oxygen atoms in total. The number of carboxylic acid groups (broad SMARTS) is 1. The summed E-state index contributed by atoms with van der Waals surface area (Å²) in [6, 6.07) is 16.5. The molecular weight excluding hydrogens is 483 g/mol. The molecular formula is C26H30N2O5PS. The average Bonchev–Trinajstić information content (AvgIpc) is 3.43. The van der Waals surface area contributed by atoms with E-state index in [-0.39, 0.29) is 12.0 Å². The van der Waals surface area contributed by atoms with E-state index in [1.165, 1.54) is 4.90 Å². The minimum atomic E-state index is -2.29. The number of anilines is 2. The van der Waals surface area contributed by atoms with Crippen LogP contribution < -0.4 is 10.2 Å². The highest BCUT2D eigenvalue weighted by molar-refractivity contribution is 7.65. The van der Waals surface area contributed by atoms with Gasteiger partial charge >= 0.3 is 6.09 Å². The van der Waals surface area contributed by atoms with Crippen molar-refractivity contribution in [1.82, 2.24) is 0 Å². The number of carbonyl (C=O) groups excluding carboxylic acids is 1. The molecule has 1 saturated heterocycles. The van der Waals surface area contributed by atoms with E-state index in [0.29, 0.717) is 23.1 Å². The molecule has 2 amide bonds. The van der Waals surface area contributed by atoms with Gasteiger partial charge in [-0.3, -0.25) is 9.69 Å². The molecule has 1 aromatic heterocycles. The summed E-state index contributed by atoms with van der Waals surface area (Å²) in [4.78, 5) is 37.8. The van der Waals surface area contributed by atoms with Gasteiger partial charge in [0.25, 0.3) is 5.91 Å². The molecule has 2 atom stereocenters. The van der Waals surface area contributed by atoms with Crippen LogP contribution in [0.4, 0.5) is 16.2 Å². The summed E-state index contributed by atoms with van der Waals surface area (Å²) in [6.45, 7) is 7.19. The number of amides is 2. The first-order valence-electron chi connectivity index (χ1n) is 11.3. The molecule has 1 fully saturated rings. The van der Waals surface area contributed by atoms with Crippen molar-refractivity contribution >= 4 is 42.4 Å². The third-order valence-corrected chi connectivity index (χ3v) is 8.57. The van der Waals surface area contributed by atoms with Crippen LogP contribution in [-0.4, -0.2) is 40.4 Å². The molecule has 1 radical (unpaired) electrons. The second kappa shape index (κ2) is 9.70. The quantitative estimate of drug-likeness (QED) is 0.323. The highest BCUT2D eigenvalue weighted by Crippen LogP contribution is 2.62. The van der Waals surface area contributed by atoms with Crippen molar-refractivity contribution < 1.29 is 24.1 Å². The van der Waals surface area contributed by atoms with Crippen LogP contribution in [0, 0.1) is 0 Å². The normalized spacial score (nSPS) is 20.0. The molecule has 0 saturated carbocycles. The summed E-state index contributed by atoms with van der Waals surface area (Å²) in [6.07, 6.45) is 0.150. The highest BCUT2D eigenvalue weighted by atomic mass is 32.1. The van der Waals surface area contributed by atoms with E-state index >= 15 is 0 Å². The third kappa shape index (κ3) is 5.73. The van der Waals surface area contributed by atoms with Gasteiger partial charge in [0.15, 0.2) is 0 Å². The SMILES string of the molecule is CC(C)(C)N(C(=O)O)c1ccc(-c2cccs2)cc1NC(=O)c1ccc(C2CC[P](C)(O)O2)cc1. The number of thiophene rings is 1. The number of hydrogen-bond donors (Lipinski definition) is 3. The first-order valence-corrected chi connectivity index (χ1v) is 14.5. The van der Waals surface area contributed by atoms with E-state index in [4.69, 9.17) is 4.52 Å². The van der Waals surface area contributed by atoms with Gasteiger partial charge in [-0.05, 0) is 80.7 Å². The van der Waals surface area contributed by atoms with Gasteiger partial charge in [0, 0.05) is 22.1 Å². The van der Waals surface area contributed by atoms with Gasteiger partial charge in [0.05, 0.1) is 25.2 Å². The Hall–Kier alpha value is -2.77. The van der Waals surface area contributed by atoms with Crippen LogP contribution in [0.1, 0.15) is 49.2 Å². The van der Waals surface area contributed by atoms with Crippen LogP contribution >= 0.6 is 19.1 Å². The summed E-state index contributed by atoms with van der Waals surface area (Å²) in [5.74, 6) is -0.341. The fraction of sp³-hybridized carbons (Fsp3) is 0.308. The summed E-state index contributed by atoms with van der Waals surface area (Å²) in [7, 11) is -2.29. The molecule has 2 aromatic carbocycles. The predicted molar refractivity (Wildman–Crippen MR) is 143 cm³/mol. The van der Waals surface area contributed by atoms with Gasteiger partial charge in [-0.25, -0.2) is 4.79 Å². The van der Waals surface area contributed by atoms with Gasteiger partial charge < -0.3 is 19.8 Å². The second-order valence-electron chi connectivity index (χ2n) is 9.73. The van der Waals surface area contributed by atoms with E-state index < -0.39 is 19.3 Å². The Morgan fingerprint density at radius 1 is 1.14 bits per heavy atom. The molecule has 9 heteroatoms. The molecule has 185 valence electrons. The Morgan fingerprint density at radius 3 is 2.40 bits per heavy atom. The van der Waals surface area contributed by atoms with Crippen LogP contribution in [0.3, 0.4) is 0 Å². The van der Waals surface area contributed by atoms with Gasteiger partial charge in [0.2, 0.25) is 0 Å². The average molecular weight is 514 g/mol. The zero-order chi connectivity index (χ0) is 25.4. The molecule has 0 aliphatic carbocycles. The Kier molecular flexibility index (Phi) is 7.02. The maximum atomic E-state index is 13.2. The monoisotopic (exact) mass is 513 g/mol. The van der Waals surface area contributed by atoms with E-state index in [1.54, 1.807) is 36.2 Å². The van der Waals surface area contributed by atoms with Crippen molar-refractivity contribution in [3.63, 3.8) is 0 Å². The zero-order valence-corrected chi connectivity index (χ0v) is 21.9. The Bertz CT molecular complexity index is 1220. The first-order chi connectivity index (χ1) is 16.4. The van der Waals surface area contributed by atoms with Crippen molar-refractivity contribution in [2.24, 2.45) is 0 Å². The molecule has 2 unspecified atom stereocenters. The number of benzene rings is 2. The van der Waals surface area contributed by atoms with Gasteiger partial charge in [-0.2, -0.15) is 0 Å². The summed E-state index contributed by atoms with van der Waals surface area (Å²) < 4.78 is 5.78. The lowest BCUT2D eigenvalue weighted by Gasteiger charge is -2.34. The van der Waals surface area contributed by atoms with Crippen LogP contribution in [-0.2, 0) is 4.52 Å². The van der Waals surface area contributed by atoms with Crippen LogP contribution in [0.15, 0.2) is 60.0 Å². The minimum absolute atomic E-state index is 0.166. The predicted octanol–water partition coefficient (Wildman–Crippen LogP) is 6.88. The molecule has 1 aliphatic rings. The topological polar surface area (TPSA) is 99.1 Å². The van der Waals surface area contributed by atoms with Gasteiger partial charge in [0.1, 0.15) is 0 Å². The largest absolute Gasteiger partial charge is 0.465 e. The van der Waals surface area contributed by atoms with E-state index in [2.05, 4.69) is 5.32 Å². The summed E-state index contributed by atoms with van der Waals surface area (Å²) in [5.41, 5.74) is 2.36. The van der Waals surface area contributed by atoms with Crippen molar-refractivity contribution in [2.45, 2.75) is 38.8 Å². The van der Waals surface area contributed by atoms with Crippen LogP contribution in [0.25, 0.3) is 10.4 Å². The smallest absolute Gasteiger partial charge is 0.412 e. The standard InChI is InChI=1S/C26H30N2O5PS/c1-26(2,3)28(25(30)31)21-12-11-19(23-6-5-15-35-23)16-20(21)27-24(29)18-9-7-17(8-10-18)22-13-14-34(4,32)33-22/h5-12,15-16,22,32H,13-14H2,1-4H3,(H,27,29)(H,30,31). The maximum Gasteiger partial charge on any atom is 0.412 e. The van der Waals surface area contributed by atoms with Crippen molar-refractivity contribution in [2.75, 3.05) is 23.0 Å². The van der Waals surface area contributed by atoms with Crippen molar-refractivity contribution in [1.29, 1.82) is 0 Å². The van der Waals surface area contributed by atoms with E-state index in [0.717, 1.165) is 22.4 Å². The fourth-order valence-electron chi connectivity index (χ4n) is 4.19. The third-order valence-electron chi connectivity index (χ3n) is 5.86. The molecule has 0 bridgehead atoms. The number of rotatable bonds is 5. The molecule has 3 N–H and O–H groups in total. The Labute approximate surface area is 209 Å². The lowest BCUT2D eigenvalue weighted by atomic mass is 10.0. The number of hydrogen-bond acceptors (Lipinski definition) is 5. The molecule has 4 rings (SSSR count). The molecule has 2 heterocycles. The summed E-state index contributed by atoms with van der Waals surface area (Å²) >= 11 is 1.57. The minimum Gasteiger partial charge on any atom is -0.465 e. The number of carbonyl (C=O) groups is 2. The lowest BCUT2D eigenvalue weighted by Crippen LogP contribution is -2.45. The van der Waals surface area contributed by atoms with Crippen molar-refractivity contribution in [3.8, 4) is 10.4 Å². The maximum absolute atomic E-state index is 13.2. The van der Waals surface area contributed by atoms with Crippen LogP contribution in [0.5, 0.6) is 0 Å². The lowest BCUT2D eigenvalue weighted by molar-refractivity contribution is 0.102. The molecule has 0 spiro atoms. The van der Waals surface area contributed by atoms with E-state index in [9.17, 15) is 19.6 Å².